The number of nitrogens with one attached hydrogen (secondary N) is 1. The monoisotopic (exact) mass is 563 g/mol. The van der Waals surface area contributed by atoms with Crippen molar-refractivity contribution in [2.24, 2.45) is 0 Å². The smallest absolute Gasteiger partial charge is 0.243 e. The number of hydrogen-bond acceptors (Lipinski definition) is 4. The summed E-state index contributed by atoms with van der Waals surface area (Å²) < 4.78 is 26.4. The molecule has 40 heavy (non-hydrogen) atoms. The van der Waals surface area contributed by atoms with Crippen molar-refractivity contribution in [1.82, 2.24) is 10.2 Å². The molecule has 7 nitrogen and oxygen atoms in total. The molecule has 0 saturated carbocycles. The predicted octanol–water partition coefficient (Wildman–Crippen LogP) is 5.10. The predicted molar refractivity (Wildman–Crippen MR) is 161 cm³/mol. The Labute approximate surface area is 239 Å². The van der Waals surface area contributed by atoms with Gasteiger partial charge >= 0.3 is 0 Å². The second-order valence-electron chi connectivity index (χ2n) is 10.3. The van der Waals surface area contributed by atoms with Crippen LogP contribution in [0.2, 0.25) is 0 Å². The molecule has 0 bridgehead atoms. The number of amides is 2. The molecular weight excluding hydrogens is 522 g/mol. The standard InChI is InChI=1S/C32H41N3O4S/c1-5-26(3)33-32(37)30(23-27-13-8-6-9-14-27)34(24-28-20-18-25(2)19-21-28)31(36)17-12-22-35(40(4,38)39)29-15-10-7-11-16-29/h6-11,13-16,18-21,26,30H,5,12,17,22-24H2,1-4H3,(H,33,37)/t26-,30+/m1/s1. The second kappa shape index (κ2) is 14.7. The number of benzene rings is 3. The van der Waals surface area contributed by atoms with Gasteiger partial charge in [-0.25, -0.2) is 8.42 Å². The van der Waals surface area contributed by atoms with Gasteiger partial charge in [-0.1, -0.05) is 85.3 Å². The van der Waals surface area contributed by atoms with E-state index in [4.69, 9.17) is 0 Å². The lowest BCUT2D eigenvalue weighted by atomic mass is 10.0. The van der Waals surface area contributed by atoms with Gasteiger partial charge < -0.3 is 10.2 Å². The molecule has 0 unspecified atom stereocenters. The van der Waals surface area contributed by atoms with Crippen molar-refractivity contribution in [3.05, 3.63) is 102 Å². The lowest BCUT2D eigenvalue weighted by molar-refractivity contribution is -0.141. The van der Waals surface area contributed by atoms with Crippen LogP contribution < -0.4 is 9.62 Å². The summed E-state index contributed by atoms with van der Waals surface area (Å²) in [5.74, 6) is -0.386. The van der Waals surface area contributed by atoms with Crippen molar-refractivity contribution < 1.29 is 18.0 Å². The molecule has 214 valence electrons. The number of sulfonamides is 1. The molecule has 0 saturated heterocycles. The van der Waals surface area contributed by atoms with Crippen LogP contribution in [0.25, 0.3) is 0 Å². The number of para-hydroxylation sites is 1. The van der Waals surface area contributed by atoms with Crippen LogP contribution in [0.5, 0.6) is 0 Å². The summed E-state index contributed by atoms with van der Waals surface area (Å²) in [6, 6.07) is 25.8. The van der Waals surface area contributed by atoms with Gasteiger partial charge in [-0.15, -0.1) is 0 Å². The Bertz CT molecular complexity index is 1330. The minimum absolute atomic E-state index is 0.0312. The van der Waals surface area contributed by atoms with Gasteiger partial charge in [0.1, 0.15) is 6.04 Å². The molecule has 2 amide bonds. The molecule has 0 fully saturated rings. The summed E-state index contributed by atoms with van der Waals surface area (Å²) in [6.45, 7) is 6.40. The summed E-state index contributed by atoms with van der Waals surface area (Å²) >= 11 is 0. The first kappa shape index (κ1) is 30.9. The Kier molecular flexibility index (Phi) is 11.3. The van der Waals surface area contributed by atoms with E-state index in [-0.39, 0.29) is 37.4 Å². The number of carbonyl (C=O) groups is 2. The molecule has 0 heterocycles. The van der Waals surface area contributed by atoms with E-state index in [9.17, 15) is 18.0 Å². The number of rotatable bonds is 14. The van der Waals surface area contributed by atoms with Gasteiger partial charge in [0.2, 0.25) is 21.8 Å². The average molecular weight is 564 g/mol. The minimum Gasteiger partial charge on any atom is -0.352 e. The largest absolute Gasteiger partial charge is 0.352 e. The molecule has 3 aromatic rings. The van der Waals surface area contributed by atoms with Gasteiger partial charge in [0.25, 0.3) is 0 Å². The first-order chi connectivity index (χ1) is 19.1. The van der Waals surface area contributed by atoms with Crippen LogP contribution in [-0.4, -0.2) is 50.0 Å². The van der Waals surface area contributed by atoms with E-state index in [2.05, 4.69) is 5.32 Å². The van der Waals surface area contributed by atoms with Crippen molar-refractivity contribution in [1.29, 1.82) is 0 Å². The summed E-state index contributed by atoms with van der Waals surface area (Å²) in [5, 5.41) is 3.08. The molecule has 0 aromatic heterocycles. The number of carbonyl (C=O) groups excluding carboxylic acids is 2. The zero-order valence-corrected chi connectivity index (χ0v) is 24.7. The van der Waals surface area contributed by atoms with Gasteiger partial charge in [-0.2, -0.15) is 0 Å². The second-order valence-corrected chi connectivity index (χ2v) is 12.2. The Balaban J connectivity index is 1.88. The molecule has 3 rings (SSSR count). The van der Waals surface area contributed by atoms with Gasteiger partial charge in [0, 0.05) is 32.0 Å². The van der Waals surface area contributed by atoms with Gasteiger partial charge in [0.15, 0.2) is 0 Å². The van der Waals surface area contributed by atoms with Crippen molar-refractivity contribution >= 4 is 27.5 Å². The maximum absolute atomic E-state index is 13.9. The third-order valence-electron chi connectivity index (χ3n) is 6.94. The Morgan fingerprint density at radius 1 is 0.875 bits per heavy atom. The zero-order valence-electron chi connectivity index (χ0n) is 23.9. The molecule has 0 aliphatic rings. The van der Waals surface area contributed by atoms with Crippen LogP contribution >= 0.6 is 0 Å². The van der Waals surface area contributed by atoms with Crippen LogP contribution in [0, 0.1) is 6.92 Å². The van der Waals surface area contributed by atoms with Crippen LogP contribution in [0.3, 0.4) is 0 Å². The normalized spacial score (nSPS) is 12.8. The first-order valence-corrected chi connectivity index (χ1v) is 15.7. The highest BCUT2D eigenvalue weighted by molar-refractivity contribution is 7.92. The SMILES string of the molecule is CC[C@@H](C)NC(=O)[C@H](Cc1ccccc1)N(Cc1ccc(C)cc1)C(=O)CCCN(c1ccccc1)S(C)(=O)=O. The summed E-state index contributed by atoms with van der Waals surface area (Å²) in [6.07, 6.45) is 2.74. The lowest BCUT2D eigenvalue weighted by Crippen LogP contribution is -2.52. The molecule has 8 heteroatoms. The third-order valence-corrected chi connectivity index (χ3v) is 8.14. The molecule has 2 atom stereocenters. The highest BCUT2D eigenvalue weighted by Crippen LogP contribution is 2.20. The topological polar surface area (TPSA) is 86.8 Å². The Hall–Kier alpha value is -3.65. The number of hydrogen-bond donors (Lipinski definition) is 1. The van der Waals surface area contributed by atoms with E-state index in [1.807, 2.05) is 81.4 Å². The highest BCUT2D eigenvalue weighted by atomic mass is 32.2. The van der Waals surface area contributed by atoms with E-state index in [1.54, 1.807) is 29.2 Å². The molecular formula is C32H41N3O4S. The summed E-state index contributed by atoms with van der Waals surface area (Å²) in [4.78, 5) is 29.1. The molecule has 0 aliphatic carbocycles. The van der Waals surface area contributed by atoms with E-state index in [0.717, 1.165) is 23.1 Å². The summed E-state index contributed by atoms with van der Waals surface area (Å²) in [5.41, 5.74) is 3.55. The number of anilines is 1. The lowest BCUT2D eigenvalue weighted by Gasteiger charge is -2.32. The van der Waals surface area contributed by atoms with Crippen molar-refractivity contribution in [2.75, 3.05) is 17.1 Å². The van der Waals surface area contributed by atoms with Crippen LogP contribution in [0.4, 0.5) is 5.69 Å². The maximum Gasteiger partial charge on any atom is 0.243 e. The fourth-order valence-electron chi connectivity index (χ4n) is 4.48. The van der Waals surface area contributed by atoms with Crippen LogP contribution in [-0.2, 0) is 32.6 Å². The summed E-state index contributed by atoms with van der Waals surface area (Å²) in [7, 11) is -3.53. The van der Waals surface area contributed by atoms with E-state index in [1.165, 1.54) is 10.6 Å². The Morgan fingerprint density at radius 2 is 1.48 bits per heavy atom. The van der Waals surface area contributed by atoms with Crippen molar-refractivity contribution in [2.45, 2.75) is 65.1 Å². The fraction of sp³-hybridized carbons (Fsp3) is 0.375. The molecule has 0 aliphatic heterocycles. The fourth-order valence-corrected chi connectivity index (χ4v) is 5.45. The first-order valence-electron chi connectivity index (χ1n) is 13.8. The van der Waals surface area contributed by atoms with Gasteiger partial charge in [-0.3, -0.25) is 13.9 Å². The molecule has 0 spiro atoms. The minimum atomic E-state index is -3.53. The van der Waals surface area contributed by atoms with Gasteiger partial charge in [-0.05, 0) is 49.9 Å². The van der Waals surface area contributed by atoms with Crippen LogP contribution in [0.1, 0.15) is 49.8 Å². The van der Waals surface area contributed by atoms with E-state index in [0.29, 0.717) is 18.5 Å². The van der Waals surface area contributed by atoms with E-state index < -0.39 is 16.1 Å². The molecule has 1 N–H and O–H groups in total. The highest BCUT2D eigenvalue weighted by Gasteiger charge is 2.31. The third kappa shape index (κ3) is 9.23. The molecule has 0 radical (unpaired) electrons. The number of aryl methyl sites for hydroxylation is 1. The maximum atomic E-state index is 13.9. The van der Waals surface area contributed by atoms with E-state index >= 15 is 0 Å². The molecule has 3 aromatic carbocycles. The zero-order chi connectivity index (χ0) is 29.1. The Morgan fingerprint density at radius 3 is 2.05 bits per heavy atom. The van der Waals surface area contributed by atoms with Gasteiger partial charge in [0.05, 0.1) is 11.9 Å². The van der Waals surface area contributed by atoms with Crippen molar-refractivity contribution in [3.63, 3.8) is 0 Å². The average Bonchev–Trinajstić information content (AvgIpc) is 2.94. The number of nitrogens with zero attached hydrogens (tertiary/aromatic N) is 2. The van der Waals surface area contributed by atoms with Crippen LogP contribution in [0.15, 0.2) is 84.9 Å². The quantitative estimate of drug-likeness (QED) is 0.296. The van der Waals surface area contributed by atoms with Crippen molar-refractivity contribution in [3.8, 4) is 0 Å².